The standard InChI is InChI=1S/C32H38BrN3O4S/c1-23-12-16-29(17-13-23)36(41(39,40)30-18-14-24(2)15-19-30)22-31(37)35(21-26-8-7-9-27(33)20-26)25(3)32(38)34-28-10-5-4-6-11-28/h7-9,12-20,25,28H,4-6,10-11,21-22H2,1-3H3,(H,34,38). The second-order valence-corrected chi connectivity index (χ2v) is 13.6. The summed E-state index contributed by atoms with van der Waals surface area (Å²) in [6, 6.07) is 20.4. The van der Waals surface area contributed by atoms with Crippen molar-refractivity contribution in [3.05, 3.63) is 94.0 Å². The molecule has 1 aliphatic rings. The molecule has 0 bridgehead atoms. The Morgan fingerprint density at radius 3 is 2.15 bits per heavy atom. The summed E-state index contributed by atoms with van der Waals surface area (Å²) < 4.78 is 29.8. The average molecular weight is 641 g/mol. The molecule has 0 aromatic heterocycles. The van der Waals surface area contributed by atoms with Gasteiger partial charge in [0.25, 0.3) is 10.0 Å². The summed E-state index contributed by atoms with van der Waals surface area (Å²) in [5.74, 6) is -0.698. The number of benzene rings is 3. The zero-order chi connectivity index (χ0) is 29.6. The summed E-state index contributed by atoms with van der Waals surface area (Å²) in [6.45, 7) is 5.22. The number of sulfonamides is 1. The predicted octanol–water partition coefficient (Wildman–Crippen LogP) is 6.13. The predicted molar refractivity (Wildman–Crippen MR) is 166 cm³/mol. The van der Waals surface area contributed by atoms with Gasteiger partial charge in [-0.3, -0.25) is 13.9 Å². The van der Waals surface area contributed by atoms with Crippen molar-refractivity contribution in [1.29, 1.82) is 0 Å². The van der Waals surface area contributed by atoms with Crippen LogP contribution in [0.15, 0.2) is 82.2 Å². The van der Waals surface area contributed by atoms with Crippen LogP contribution in [0, 0.1) is 13.8 Å². The zero-order valence-corrected chi connectivity index (χ0v) is 26.2. The van der Waals surface area contributed by atoms with Crippen molar-refractivity contribution in [1.82, 2.24) is 10.2 Å². The fourth-order valence-electron chi connectivity index (χ4n) is 5.06. The number of hydrogen-bond donors (Lipinski definition) is 1. The van der Waals surface area contributed by atoms with Crippen molar-refractivity contribution in [2.45, 2.75) is 76.4 Å². The Labute approximate surface area is 252 Å². The summed E-state index contributed by atoms with van der Waals surface area (Å²) in [5.41, 5.74) is 3.11. The molecular weight excluding hydrogens is 602 g/mol. The van der Waals surface area contributed by atoms with Crippen molar-refractivity contribution in [3.63, 3.8) is 0 Å². The first-order valence-corrected chi connectivity index (χ1v) is 16.3. The van der Waals surface area contributed by atoms with Crippen LogP contribution in [0.25, 0.3) is 0 Å². The van der Waals surface area contributed by atoms with E-state index in [1.165, 1.54) is 11.3 Å². The van der Waals surface area contributed by atoms with Crippen LogP contribution < -0.4 is 9.62 Å². The van der Waals surface area contributed by atoms with Gasteiger partial charge in [0.2, 0.25) is 11.8 Å². The highest BCUT2D eigenvalue weighted by molar-refractivity contribution is 9.10. The number of amides is 2. The molecule has 0 saturated heterocycles. The monoisotopic (exact) mass is 639 g/mol. The first-order valence-electron chi connectivity index (χ1n) is 14.0. The molecule has 0 heterocycles. The van der Waals surface area contributed by atoms with E-state index in [-0.39, 0.29) is 23.4 Å². The molecule has 1 atom stereocenters. The van der Waals surface area contributed by atoms with Crippen LogP contribution in [0.3, 0.4) is 0 Å². The lowest BCUT2D eigenvalue weighted by Crippen LogP contribution is -2.53. The van der Waals surface area contributed by atoms with Crippen LogP contribution >= 0.6 is 15.9 Å². The highest BCUT2D eigenvalue weighted by Crippen LogP contribution is 2.26. The number of halogens is 1. The van der Waals surface area contributed by atoms with E-state index in [0.717, 1.165) is 51.2 Å². The largest absolute Gasteiger partial charge is 0.352 e. The van der Waals surface area contributed by atoms with Crippen molar-refractivity contribution in [2.24, 2.45) is 0 Å². The van der Waals surface area contributed by atoms with Crippen LogP contribution in [-0.4, -0.2) is 43.8 Å². The Morgan fingerprint density at radius 2 is 1.54 bits per heavy atom. The lowest BCUT2D eigenvalue weighted by molar-refractivity contribution is -0.139. The van der Waals surface area contributed by atoms with E-state index in [0.29, 0.717) is 5.69 Å². The Hall–Kier alpha value is -3.17. The van der Waals surface area contributed by atoms with Crippen LogP contribution in [0.1, 0.15) is 55.7 Å². The number of carbonyl (C=O) groups is 2. The van der Waals surface area contributed by atoms with Gasteiger partial charge >= 0.3 is 0 Å². The maximum atomic E-state index is 14.1. The van der Waals surface area contributed by atoms with Crippen molar-refractivity contribution in [3.8, 4) is 0 Å². The van der Waals surface area contributed by atoms with Gasteiger partial charge in [-0.2, -0.15) is 0 Å². The number of carbonyl (C=O) groups excluding carboxylic acids is 2. The van der Waals surface area contributed by atoms with Crippen LogP contribution in [0.4, 0.5) is 5.69 Å². The van der Waals surface area contributed by atoms with Crippen molar-refractivity contribution in [2.75, 3.05) is 10.8 Å². The molecule has 2 amide bonds. The Morgan fingerprint density at radius 1 is 0.927 bits per heavy atom. The lowest BCUT2D eigenvalue weighted by Gasteiger charge is -2.33. The molecule has 1 unspecified atom stereocenters. The maximum absolute atomic E-state index is 14.1. The van der Waals surface area contributed by atoms with Crippen molar-refractivity contribution < 1.29 is 18.0 Å². The van der Waals surface area contributed by atoms with Gasteiger partial charge < -0.3 is 10.2 Å². The summed E-state index contributed by atoms with van der Waals surface area (Å²) in [5, 5.41) is 3.13. The molecule has 1 saturated carbocycles. The summed E-state index contributed by atoms with van der Waals surface area (Å²) in [6.07, 6.45) is 5.16. The van der Waals surface area contributed by atoms with Gasteiger partial charge in [0.05, 0.1) is 10.6 Å². The lowest BCUT2D eigenvalue weighted by atomic mass is 9.95. The Kier molecular flexibility index (Phi) is 10.3. The molecule has 1 fully saturated rings. The normalized spacial score (nSPS) is 14.7. The summed E-state index contributed by atoms with van der Waals surface area (Å²) in [4.78, 5) is 29.1. The molecule has 0 aliphatic heterocycles. The Bertz CT molecular complexity index is 1450. The topological polar surface area (TPSA) is 86.8 Å². The Balaban J connectivity index is 1.67. The number of hydrogen-bond acceptors (Lipinski definition) is 4. The molecule has 0 spiro atoms. The third kappa shape index (κ3) is 7.98. The molecule has 0 radical (unpaired) electrons. The van der Waals surface area contributed by atoms with E-state index in [9.17, 15) is 18.0 Å². The minimum absolute atomic E-state index is 0.0903. The van der Waals surface area contributed by atoms with E-state index >= 15 is 0 Å². The number of anilines is 1. The van der Waals surface area contributed by atoms with Gasteiger partial charge in [-0.25, -0.2) is 8.42 Å². The van der Waals surface area contributed by atoms with Crippen molar-refractivity contribution >= 4 is 43.5 Å². The van der Waals surface area contributed by atoms with E-state index in [1.807, 2.05) is 50.2 Å². The smallest absolute Gasteiger partial charge is 0.264 e. The van der Waals surface area contributed by atoms with Gasteiger partial charge in [-0.15, -0.1) is 0 Å². The second-order valence-electron chi connectivity index (χ2n) is 10.8. The van der Waals surface area contributed by atoms with Crippen LogP contribution in [0.5, 0.6) is 0 Å². The highest BCUT2D eigenvalue weighted by atomic mass is 79.9. The van der Waals surface area contributed by atoms with E-state index in [1.54, 1.807) is 43.3 Å². The fraction of sp³-hybridized carbons (Fsp3) is 0.375. The molecule has 7 nitrogen and oxygen atoms in total. The third-order valence-corrected chi connectivity index (χ3v) is 9.85. The number of aryl methyl sites for hydroxylation is 2. The van der Waals surface area contributed by atoms with Gasteiger partial charge in [-0.1, -0.05) is 82.7 Å². The van der Waals surface area contributed by atoms with Gasteiger partial charge in [0, 0.05) is 17.1 Å². The quantitative estimate of drug-likeness (QED) is 0.289. The molecule has 3 aromatic carbocycles. The summed E-state index contributed by atoms with van der Waals surface area (Å²) >= 11 is 3.48. The average Bonchev–Trinajstić information content (AvgIpc) is 2.95. The first kappa shape index (κ1) is 30.8. The summed E-state index contributed by atoms with van der Waals surface area (Å²) in [7, 11) is -4.08. The molecule has 3 aromatic rings. The molecule has 4 rings (SSSR count). The minimum Gasteiger partial charge on any atom is -0.352 e. The van der Waals surface area contributed by atoms with E-state index in [2.05, 4.69) is 21.2 Å². The maximum Gasteiger partial charge on any atom is 0.264 e. The molecule has 1 aliphatic carbocycles. The highest BCUT2D eigenvalue weighted by Gasteiger charge is 2.33. The van der Waals surface area contributed by atoms with E-state index < -0.39 is 28.5 Å². The number of nitrogens with one attached hydrogen (secondary N) is 1. The molecule has 9 heteroatoms. The number of nitrogens with zero attached hydrogens (tertiary/aromatic N) is 2. The fourth-order valence-corrected chi connectivity index (χ4v) is 6.92. The molecule has 41 heavy (non-hydrogen) atoms. The van der Waals surface area contributed by atoms with Gasteiger partial charge in [0.15, 0.2) is 0 Å². The van der Waals surface area contributed by atoms with Gasteiger partial charge in [-0.05, 0) is 75.6 Å². The van der Waals surface area contributed by atoms with E-state index in [4.69, 9.17) is 0 Å². The van der Waals surface area contributed by atoms with Crippen LogP contribution in [-0.2, 0) is 26.2 Å². The zero-order valence-electron chi connectivity index (χ0n) is 23.8. The first-order chi connectivity index (χ1) is 19.5. The SMILES string of the molecule is Cc1ccc(N(CC(=O)N(Cc2cccc(Br)c2)C(C)C(=O)NC2CCCCC2)S(=O)(=O)c2ccc(C)cc2)cc1. The number of rotatable bonds is 10. The van der Waals surface area contributed by atoms with Gasteiger partial charge in [0.1, 0.15) is 12.6 Å². The van der Waals surface area contributed by atoms with Crippen LogP contribution in [0.2, 0.25) is 0 Å². The third-order valence-electron chi connectivity index (χ3n) is 7.57. The minimum atomic E-state index is -4.08. The second kappa shape index (κ2) is 13.7. The molecule has 218 valence electrons. The molecule has 1 N–H and O–H groups in total. The molecular formula is C32H38BrN3O4S.